The molecule has 2 unspecified atom stereocenters. The third-order valence-electron chi connectivity index (χ3n) is 6.14. The first-order valence-corrected chi connectivity index (χ1v) is 11.1. The first-order chi connectivity index (χ1) is 16.0. The molecule has 1 heterocycles. The molecule has 1 aromatic heterocycles. The van der Waals surface area contributed by atoms with Crippen LogP contribution in [-0.4, -0.2) is 47.5 Å². The Kier molecular flexibility index (Phi) is 6.75. The molecule has 4 rings (SSSR count). The Labute approximate surface area is 194 Å². The summed E-state index contributed by atoms with van der Waals surface area (Å²) < 4.78 is 8.18. The number of amides is 1. The zero-order chi connectivity index (χ0) is 23.4. The zero-order valence-electron chi connectivity index (χ0n) is 19.5. The van der Waals surface area contributed by atoms with Crippen molar-refractivity contribution >= 4 is 16.7 Å². The lowest BCUT2D eigenvalue weighted by Crippen LogP contribution is -2.34. The summed E-state index contributed by atoms with van der Waals surface area (Å²) in [6.45, 7) is 2.67. The Hall–Kier alpha value is -3.64. The lowest BCUT2D eigenvalue weighted by molar-refractivity contribution is 0.0963. The number of likely N-dealkylation sites (N-methyl/N-ethyl adjacent to an activating group) is 1. The standard InChI is InChI=1S/C27H30N4O2/c1-19(30(3)4)26(31-14-13-29-18-31)24-10-9-23-16-25(12-11-22(23)15-24)33-17-20-5-7-21(8-6-20)27(32)28-2/h5-16,18-19,26H,17H2,1-4H3,(H,28,32). The van der Waals surface area contributed by atoms with E-state index < -0.39 is 0 Å². The zero-order valence-corrected chi connectivity index (χ0v) is 19.5. The average Bonchev–Trinajstić information content (AvgIpc) is 3.37. The van der Waals surface area contributed by atoms with Crippen LogP contribution in [-0.2, 0) is 6.61 Å². The number of benzene rings is 3. The quantitative estimate of drug-likeness (QED) is 0.436. The van der Waals surface area contributed by atoms with Gasteiger partial charge >= 0.3 is 0 Å². The van der Waals surface area contributed by atoms with Crippen LogP contribution in [0.15, 0.2) is 79.4 Å². The van der Waals surface area contributed by atoms with Crippen molar-refractivity contribution in [3.63, 3.8) is 0 Å². The minimum Gasteiger partial charge on any atom is -0.489 e. The van der Waals surface area contributed by atoms with Crippen LogP contribution in [0.25, 0.3) is 10.8 Å². The Morgan fingerprint density at radius 2 is 1.79 bits per heavy atom. The van der Waals surface area contributed by atoms with Crippen molar-refractivity contribution in [3.8, 4) is 5.75 Å². The number of rotatable bonds is 8. The highest BCUT2D eigenvalue weighted by Crippen LogP contribution is 2.29. The van der Waals surface area contributed by atoms with Gasteiger partial charge in [0.1, 0.15) is 12.4 Å². The Balaban J connectivity index is 1.52. The maximum atomic E-state index is 11.7. The average molecular weight is 443 g/mol. The number of nitrogens with zero attached hydrogens (tertiary/aromatic N) is 3. The van der Waals surface area contributed by atoms with Crippen molar-refractivity contribution in [1.82, 2.24) is 19.8 Å². The van der Waals surface area contributed by atoms with E-state index in [-0.39, 0.29) is 11.9 Å². The van der Waals surface area contributed by atoms with Crippen molar-refractivity contribution in [3.05, 3.63) is 96.1 Å². The van der Waals surface area contributed by atoms with Gasteiger partial charge in [0.05, 0.1) is 12.4 Å². The molecule has 0 saturated carbocycles. The van der Waals surface area contributed by atoms with Gasteiger partial charge in [-0.15, -0.1) is 0 Å². The maximum absolute atomic E-state index is 11.7. The molecule has 0 spiro atoms. The number of nitrogens with one attached hydrogen (secondary N) is 1. The highest BCUT2D eigenvalue weighted by atomic mass is 16.5. The molecule has 0 aliphatic heterocycles. The molecule has 2 atom stereocenters. The number of aromatic nitrogens is 2. The fourth-order valence-corrected chi connectivity index (χ4v) is 4.00. The van der Waals surface area contributed by atoms with Gasteiger partial charge in [-0.25, -0.2) is 4.98 Å². The van der Waals surface area contributed by atoms with Gasteiger partial charge in [-0.1, -0.05) is 30.3 Å². The fourth-order valence-electron chi connectivity index (χ4n) is 4.00. The first-order valence-electron chi connectivity index (χ1n) is 11.1. The van der Waals surface area contributed by atoms with Crippen LogP contribution in [0, 0.1) is 0 Å². The van der Waals surface area contributed by atoms with Crippen LogP contribution in [0.2, 0.25) is 0 Å². The van der Waals surface area contributed by atoms with Gasteiger partial charge in [-0.05, 0) is 73.3 Å². The van der Waals surface area contributed by atoms with E-state index in [0.717, 1.165) is 16.7 Å². The molecule has 6 heteroatoms. The smallest absolute Gasteiger partial charge is 0.251 e. The highest BCUT2D eigenvalue weighted by molar-refractivity contribution is 5.93. The summed E-state index contributed by atoms with van der Waals surface area (Å²) in [6, 6.07) is 20.7. The van der Waals surface area contributed by atoms with Crippen LogP contribution in [0.1, 0.15) is 34.5 Å². The van der Waals surface area contributed by atoms with Crippen LogP contribution in [0.4, 0.5) is 0 Å². The summed E-state index contributed by atoms with van der Waals surface area (Å²) in [5, 5.41) is 4.93. The molecule has 1 N–H and O–H groups in total. The van der Waals surface area contributed by atoms with Gasteiger partial charge in [0, 0.05) is 31.0 Å². The number of ether oxygens (including phenoxy) is 1. The van der Waals surface area contributed by atoms with E-state index >= 15 is 0 Å². The first kappa shape index (κ1) is 22.6. The number of fused-ring (bicyclic) bond motifs is 1. The monoisotopic (exact) mass is 442 g/mol. The Bertz CT molecular complexity index is 1220. The predicted molar refractivity (Wildman–Crippen MR) is 132 cm³/mol. The van der Waals surface area contributed by atoms with Crippen molar-refractivity contribution in [2.75, 3.05) is 21.1 Å². The summed E-state index contributed by atoms with van der Waals surface area (Å²) in [4.78, 5) is 18.2. The third-order valence-corrected chi connectivity index (χ3v) is 6.14. The van der Waals surface area contributed by atoms with Crippen molar-refractivity contribution < 1.29 is 9.53 Å². The second kappa shape index (κ2) is 9.88. The molecule has 0 fully saturated rings. The summed E-state index contributed by atoms with van der Waals surface area (Å²) in [5.41, 5.74) is 2.89. The normalized spacial score (nSPS) is 13.1. The van der Waals surface area contributed by atoms with E-state index in [1.807, 2.05) is 49.1 Å². The molecule has 1 amide bonds. The third kappa shape index (κ3) is 5.07. The van der Waals surface area contributed by atoms with Gasteiger partial charge < -0.3 is 19.5 Å². The minimum atomic E-state index is -0.0911. The van der Waals surface area contributed by atoms with Crippen LogP contribution in [0.3, 0.4) is 0 Å². The number of carbonyl (C=O) groups excluding carboxylic acids is 1. The van der Waals surface area contributed by atoms with E-state index in [4.69, 9.17) is 4.74 Å². The lowest BCUT2D eigenvalue weighted by Gasteiger charge is -2.31. The molecule has 0 aliphatic rings. The highest BCUT2D eigenvalue weighted by Gasteiger charge is 2.22. The fraction of sp³-hybridized carbons (Fsp3) is 0.259. The number of hydrogen-bond donors (Lipinski definition) is 1. The predicted octanol–water partition coefficient (Wildman–Crippen LogP) is 4.51. The van der Waals surface area contributed by atoms with E-state index in [1.165, 1.54) is 10.9 Å². The van der Waals surface area contributed by atoms with E-state index in [9.17, 15) is 4.79 Å². The van der Waals surface area contributed by atoms with Crippen LogP contribution in [0.5, 0.6) is 5.75 Å². The molecule has 3 aromatic carbocycles. The summed E-state index contributed by atoms with van der Waals surface area (Å²) in [6.07, 6.45) is 5.73. The van der Waals surface area contributed by atoms with Gasteiger partial charge in [0.25, 0.3) is 5.91 Å². The van der Waals surface area contributed by atoms with Crippen LogP contribution < -0.4 is 10.1 Å². The lowest BCUT2D eigenvalue weighted by atomic mass is 9.96. The summed E-state index contributed by atoms with van der Waals surface area (Å²) in [7, 11) is 5.83. The molecule has 4 aromatic rings. The second-order valence-corrected chi connectivity index (χ2v) is 8.49. The molecular formula is C27H30N4O2. The molecule has 0 radical (unpaired) electrons. The van der Waals surface area contributed by atoms with Crippen LogP contribution >= 0.6 is 0 Å². The van der Waals surface area contributed by atoms with E-state index in [2.05, 4.69) is 71.1 Å². The summed E-state index contributed by atoms with van der Waals surface area (Å²) >= 11 is 0. The van der Waals surface area contributed by atoms with Crippen molar-refractivity contribution in [1.29, 1.82) is 0 Å². The number of hydrogen-bond acceptors (Lipinski definition) is 4. The van der Waals surface area contributed by atoms with Gasteiger partial charge in [0.15, 0.2) is 0 Å². The number of carbonyl (C=O) groups is 1. The second-order valence-electron chi connectivity index (χ2n) is 8.49. The Morgan fingerprint density at radius 1 is 1.06 bits per heavy atom. The number of imidazole rings is 1. The molecule has 33 heavy (non-hydrogen) atoms. The van der Waals surface area contributed by atoms with Gasteiger partial charge in [-0.2, -0.15) is 0 Å². The molecular weight excluding hydrogens is 412 g/mol. The topological polar surface area (TPSA) is 59.4 Å². The van der Waals surface area contributed by atoms with Crippen molar-refractivity contribution in [2.45, 2.75) is 25.6 Å². The minimum absolute atomic E-state index is 0.0911. The molecule has 0 saturated heterocycles. The molecule has 0 bridgehead atoms. The maximum Gasteiger partial charge on any atom is 0.251 e. The molecule has 6 nitrogen and oxygen atoms in total. The van der Waals surface area contributed by atoms with E-state index in [0.29, 0.717) is 18.2 Å². The SMILES string of the molecule is CNC(=O)c1ccc(COc2ccc3cc(C(C(C)N(C)C)n4ccnc4)ccc3c2)cc1. The van der Waals surface area contributed by atoms with Gasteiger partial charge in [-0.3, -0.25) is 4.79 Å². The van der Waals surface area contributed by atoms with Crippen molar-refractivity contribution in [2.24, 2.45) is 0 Å². The Morgan fingerprint density at radius 3 is 2.45 bits per heavy atom. The molecule has 170 valence electrons. The van der Waals surface area contributed by atoms with E-state index in [1.54, 1.807) is 7.05 Å². The largest absolute Gasteiger partial charge is 0.489 e. The summed E-state index contributed by atoms with van der Waals surface area (Å²) in [5.74, 6) is 0.727. The van der Waals surface area contributed by atoms with Gasteiger partial charge in [0.2, 0.25) is 0 Å². The molecule has 0 aliphatic carbocycles.